The summed E-state index contributed by atoms with van der Waals surface area (Å²) in [6.07, 6.45) is 10.6. The fourth-order valence-electron chi connectivity index (χ4n) is 3.12. The van der Waals surface area contributed by atoms with E-state index >= 15 is 0 Å². The molecule has 2 rings (SSSR count). The summed E-state index contributed by atoms with van der Waals surface area (Å²) < 4.78 is 0. The second-order valence-electron chi connectivity index (χ2n) is 6.93. The zero-order chi connectivity index (χ0) is 10.9. The van der Waals surface area contributed by atoms with Crippen molar-refractivity contribution in [1.82, 2.24) is 5.32 Å². The lowest BCUT2D eigenvalue weighted by atomic mass is 9.59. The first-order chi connectivity index (χ1) is 6.99. The van der Waals surface area contributed by atoms with Crippen LogP contribution >= 0.6 is 0 Å². The van der Waals surface area contributed by atoms with Crippen molar-refractivity contribution in [3.8, 4) is 0 Å². The molecule has 0 atom stereocenters. The quantitative estimate of drug-likeness (QED) is 0.730. The summed E-state index contributed by atoms with van der Waals surface area (Å²) in [5.74, 6) is 0.954. The third-order valence-corrected chi connectivity index (χ3v) is 4.50. The minimum Gasteiger partial charge on any atom is -0.312 e. The van der Waals surface area contributed by atoms with Gasteiger partial charge < -0.3 is 5.32 Å². The molecular weight excluding hydrogens is 182 g/mol. The molecule has 1 nitrogen and oxygen atoms in total. The van der Waals surface area contributed by atoms with E-state index < -0.39 is 0 Å². The van der Waals surface area contributed by atoms with Crippen molar-refractivity contribution in [2.45, 2.75) is 71.3 Å². The van der Waals surface area contributed by atoms with E-state index in [-0.39, 0.29) is 0 Å². The van der Waals surface area contributed by atoms with Gasteiger partial charge in [0.05, 0.1) is 0 Å². The first kappa shape index (κ1) is 11.4. The summed E-state index contributed by atoms with van der Waals surface area (Å²) in [7, 11) is 0. The Balaban J connectivity index is 1.69. The van der Waals surface area contributed by atoms with E-state index in [4.69, 9.17) is 0 Å². The SMILES string of the molecule is CC(C)(C)NCC1CCC2(CCC2)CC1. The van der Waals surface area contributed by atoms with Gasteiger partial charge in [0, 0.05) is 5.54 Å². The van der Waals surface area contributed by atoms with Gasteiger partial charge in [-0.1, -0.05) is 6.42 Å². The summed E-state index contributed by atoms with van der Waals surface area (Å²) in [5.41, 5.74) is 1.13. The van der Waals surface area contributed by atoms with Crippen LogP contribution in [0.3, 0.4) is 0 Å². The second-order valence-corrected chi connectivity index (χ2v) is 6.93. The number of hydrogen-bond acceptors (Lipinski definition) is 1. The molecule has 2 fully saturated rings. The van der Waals surface area contributed by atoms with E-state index in [1.54, 1.807) is 0 Å². The van der Waals surface area contributed by atoms with E-state index in [9.17, 15) is 0 Å². The maximum atomic E-state index is 3.65. The molecule has 0 bridgehead atoms. The Hall–Kier alpha value is -0.0400. The second kappa shape index (κ2) is 4.08. The molecule has 1 heteroatoms. The summed E-state index contributed by atoms with van der Waals surface area (Å²) in [5, 5.41) is 3.65. The van der Waals surface area contributed by atoms with Crippen molar-refractivity contribution in [1.29, 1.82) is 0 Å². The Morgan fingerprint density at radius 3 is 2.07 bits per heavy atom. The van der Waals surface area contributed by atoms with Gasteiger partial charge in [-0.2, -0.15) is 0 Å². The van der Waals surface area contributed by atoms with Gasteiger partial charge in [-0.05, 0) is 77.2 Å². The first-order valence-corrected chi connectivity index (χ1v) is 6.74. The average molecular weight is 209 g/mol. The molecule has 2 aliphatic rings. The van der Waals surface area contributed by atoms with E-state index in [2.05, 4.69) is 26.1 Å². The monoisotopic (exact) mass is 209 g/mol. The van der Waals surface area contributed by atoms with Gasteiger partial charge in [-0.15, -0.1) is 0 Å². The van der Waals surface area contributed by atoms with Crippen LogP contribution in [0.25, 0.3) is 0 Å². The molecule has 1 N–H and O–H groups in total. The van der Waals surface area contributed by atoms with Crippen LogP contribution in [0.5, 0.6) is 0 Å². The Kier molecular flexibility index (Phi) is 3.12. The zero-order valence-electron chi connectivity index (χ0n) is 10.7. The Morgan fingerprint density at radius 1 is 1.07 bits per heavy atom. The van der Waals surface area contributed by atoms with Crippen molar-refractivity contribution < 1.29 is 0 Å². The maximum Gasteiger partial charge on any atom is 0.00966 e. The Morgan fingerprint density at radius 2 is 1.67 bits per heavy atom. The Bertz CT molecular complexity index is 200. The molecule has 15 heavy (non-hydrogen) atoms. The number of nitrogens with one attached hydrogen (secondary N) is 1. The maximum absolute atomic E-state index is 3.65. The van der Waals surface area contributed by atoms with Crippen LogP contribution in [0.2, 0.25) is 0 Å². The highest BCUT2D eigenvalue weighted by atomic mass is 14.9. The van der Waals surface area contributed by atoms with Crippen LogP contribution in [0.15, 0.2) is 0 Å². The fraction of sp³-hybridized carbons (Fsp3) is 1.00. The highest BCUT2D eigenvalue weighted by Crippen LogP contribution is 2.52. The summed E-state index contributed by atoms with van der Waals surface area (Å²) in [6.45, 7) is 8.04. The molecule has 0 aromatic carbocycles. The number of rotatable bonds is 2. The first-order valence-electron chi connectivity index (χ1n) is 6.74. The van der Waals surface area contributed by atoms with E-state index in [1.807, 2.05) is 0 Å². The molecule has 88 valence electrons. The van der Waals surface area contributed by atoms with Gasteiger partial charge in [0.25, 0.3) is 0 Å². The van der Waals surface area contributed by atoms with E-state index in [1.165, 1.54) is 51.5 Å². The fourth-order valence-corrected chi connectivity index (χ4v) is 3.12. The van der Waals surface area contributed by atoms with Crippen molar-refractivity contribution >= 4 is 0 Å². The molecule has 2 saturated carbocycles. The van der Waals surface area contributed by atoms with Gasteiger partial charge in [0.2, 0.25) is 0 Å². The van der Waals surface area contributed by atoms with Crippen molar-refractivity contribution in [2.75, 3.05) is 6.54 Å². The van der Waals surface area contributed by atoms with Crippen LogP contribution in [0, 0.1) is 11.3 Å². The predicted octanol–water partition coefficient (Wildman–Crippen LogP) is 3.74. The van der Waals surface area contributed by atoms with E-state index in [0.29, 0.717) is 5.54 Å². The average Bonchev–Trinajstić information content (AvgIpc) is 2.12. The van der Waals surface area contributed by atoms with Gasteiger partial charge in [-0.25, -0.2) is 0 Å². The zero-order valence-corrected chi connectivity index (χ0v) is 10.7. The van der Waals surface area contributed by atoms with Gasteiger partial charge in [-0.3, -0.25) is 0 Å². The minimum atomic E-state index is 0.297. The van der Waals surface area contributed by atoms with Gasteiger partial charge in [0.1, 0.15) is 0 Å². The minimum absolute atomic E-state index is 0.297. The molecule has 0 saturated heterocycles. The third kappa shape index (κ3) is 2.96. The van der Waals surface area contributed by atoms with Crippen LogP contribution in [-0.4, -0.2) is 12.1 Å². The molecule has 0 aliphatic heterocycles. The van der Waals surface area contributed by atoms with Crippen molar-refractivity contribution in [3.63, 3.8) is 0 Å². The molecule has 0 unspecified atom stereocenters. The van der Waals surface area contributed by atoms with Crippen molar-refractivity contribution in [3.05, 3.63) is 0 Å². The molecular formula is C14H27N. The molecule has 0 radical (unpaired) electrons. The van der Waals surface area contributed by atoms with Crippen LogP contribution < -0.4 is 5.32 Å². The lowest BCUT2D eigenvalue weighted by molar-refractivity contribution is 0.0541. The van der Waals surface area contributed by atoms with Gasteiger partial charge >= 0.3 is 0 Å². The predicted molar refractivity (Wildman–Crippen MR) is 66.0 cm³/mol. The highest BCUT2D eigenvalue weighted by Gasteiger charge is 2.39. The standard InChI is InChI=1S/C14H27N/c1-13(2,3)15-11-12-5-9-14(10-6-12)7-4-8-14/h12,15H,4-11H2,1-3H3. The van der Waals surface area contributed by atoms with E-state index in [0.717, 1.165) is 11.3 Å². The molecule has 0 aromatic rings. The van der Waals surface area contributed by atoms with Crippen LogP contribution in [0.1, 0.15) is 65.7 Å². The molecule has 0 aromatic heterocycles. The Labute approximate surface area is 95.0 Å². The smallest absolute Gasteiger partial charge is 0.00966 e. The molecule has 2 aliphatic carbocycles. The third-order valence-electron chi connectivity index (χ3n) is 4.50. The summed E-state index contributed by atoms with van der Waals surface area (Å²) in [4.78, 5) is 0. The van der Waals surface area contributed by atoms with Crippen LogP contribution in [-0.2, 0) is 0 Å². The van der Waals surface area contributed by atoms with Crippen LogP contribution in [0.4, 0.5) is 0 Å². The highest BCUT2D eigenvalue weighted by molar-refractivity contribution is 4.92. The summed E-state index contributed by atoms with van der Waals surface area (Å²) in [6, 6.07) is 0. The molecule has 1 spiro atoms. The molecule has 0 amide bonds. The topological polar surface area (TPSA) is 12.0 Å². The van der Waals surface area contributed by atoms with Crippen molar-refractivity contribution in [2.24, 2.45) is 11.3 Å². The summed E-state index contributed by atoms with van der Waals surface area (Å²) >= 11 is 0. The number of hydrogen-bond donors (Lipinski definition) is 1. The van der Waals surface area contributed by atoms with Gasteiger partial charge in [0.15, 0.2) is 0 Å². The normalized spacial score (nSPS) is 26.6. The lowest BCUT2D eigenvalue weighted by Gasteiger charge is -2.47. The largest absolute Gasteiger partial charge is 0.312 e. The lowest BCUT2D eigenvalue weighted by Crippen LogP contribution is -2.42. The molecule has 0 heterocycles.